The quantitative estimate of drug-likeness (QED) is 0.281. The van der Waals surface area contributed by atoms with Crippen LogP contribution in [-0.4, -0.2) is 63.1 Å². The lowest BCUT2D eigenvalue weighted by molar-refractivity contribution is -0.146. The normalized spacial score (nSPS) is 21.1. The van der Waals surface area contributed by atoms with E-state index in [-0.39, 0.29) is 47.7 Å². The minimum atomic E-state index is -0.543. The molecule has 0 bridgehead atoms. The number of nitrogens with zero attached hydrogens (tertiary/aromatic N) is 2. The summed E-state index contributed by atoms with van der Waals surface area (Å²) >= 11 is 0. The molecule has 0 aromatic heterocycles. The number of carbonyl (C=O) groups is 2. The van der Waals surface area contributed by atoms with Crippen molar-refractivity contribution in [1.29, 1.82) is 0 Å². The van der Waals surface area contributed by atoms with Crippen molar-refractivity contribution in [3.8, 4) is 0 Å². The summed E-state index contributed by atoms with van der Waals surface area (Å²) in [5.74, 6) is 0.594. The third kappa shape index (κ3) is 5.78. The minimum Gasteiger partial charge on any atom is -0.469 e. The number of likely N-dealkylation sites (tertiary alicyclic amines) is 1. The second-order valence-corrected chi connectivity index (χ2v) is 6.66. The predicted octanol–water partition coefficient (Wildman–Crippen LogP) is 1.08. The zero-order valence-corrected chi connectivity index (χ0v) is 17.8. The first-order valence-electron chi connectivity index (χ1n) is 8.08. The Morgan fingerprint density at radius 2 is 1.92 bits per heavy atom. The van der Waals surface area contributed by atoms with Gasteiger partial charge in [0.25, 0.3) is 0 Å². The molecule has 1 heterocycles. The van der Waals surface area contributed by atoms with Gasteiger partial charge in [0.15, 0.2) is 5.96 Å². The smallest absolute Gasteiger partial charge is 0.310 e. The fourth-order valence-electron chi connectivity index (χ4n) is 2.71. The summed E-state index contributed by atoms with van der Waals surface area (Å²) in [6.07, 6.45) is 0. The largest absolute Gasteiger partial charge is 0.469 e. The fraction of sp³-hybridized carbons (Fsp3) is 0.812. The SMILES string of the molecule is CCNC(=O)C(C)(C)CNC(=NC)N1CC(C)C(C(=O)OC)C1.I. The zero-order chi connectivity index (χ0) is 17.6. The molecule has 0 spiro atoms. The molecule has 24 heavy (non-hydrogen) atoms. The average Bonchev–Trinajstić information content (AvgIpc) is 2.89. The molecule has 2 unspecified atom stereocenters. The van der Waals surface area contributed by atoms with Crippen LogP contribution >= 0.6 is 24.0 Å². The van der Waals surface area contributed by atoms with Gasteiger partial charge in [0.1, 0.15) is 0 Å². The molecular formula is C16H31IN4O3. The maximum atomic E-state index is 12.1. The first-order chi connectivity index (χ1) is 10.8. The molecule has 7 nitrogen and oxygen atoms in total. The molecular weight excluding hydrogens is 423 g/mol. The molecule has 2 N–H and O–H groups in total. The van der Waals surface area contributed by atoms with Gasteiger partial charge in [-0.25, -0.2) is 0 Å². The zero-order valence-electron chi connectivity index (χ0n) is 15.5. The van der Waals surface area contributed by atoms with E-state index < -0.39 is 5.41 Å². The van der Waals surface area contributed by atoms with E-state index in [0.29, 0.717) is 25.6 Å². The van der Waals surface area contributed by atoms with Crippen LogP contribution in [0.15, 0.2) is 4.99 Å². The van der Waals surface area contributed by atoms with E-state index in [4.69, 9.17) is 4.74 Å². The van der Waals surface area contributed by atoms with E-state index in [0.717, 1.165) is 6.54 Å². The number of rotatable bonds is 5. The average molecular weight is 454 g/mol. The highest BCUT2D eigenvalue weighted by atomic mass is 127. The number of amides is 1. The molecule has 1 aliphatic heterocycles. The van der Waals surface area contributed by atoms with Crippen LogP contribution in [0.3, 0.4) is 0 Å². The Kier molecular flexibility index (Phi) is 9.61. The van der Waals surface area contributed by atoms with Crippen LogP contribution in [0.2, 0.25) is 0 Å². The molecule has 1 amide bonds. The van der Waals surface area contributed by atoms with E-state index in [1.54, 1.807) is 7.05 Å². The number of hydrogen-bond acceptors (Lipinski definition) is 4. The summed E-state index contributed by atoms with van der Waals surface area (Å²) < 4.78 is 4.86. The maximum absolute atomic E-state index is 12.1. The Morgan fingerprint density at radius 3 is 2.42 bits per heavy atom. The second-order valence-electron chi connectivity index (χ2n) is 6.66. The van der Waals surface area contributed by atoms with Crippen molar-refractivity contribution >= 4 is 41.8 Å². The van der Waals surface area contributed by atoms with Gasteiger partial charge in [-0.1, -0.05) is 6.92 Å². The Morgan fingerprint density at radius 1 is 1.29 bits per heavy atom. The first kappa shape index (κ1) is 22.9. The molecule has 0 saturated carbocycles. The standard InChI is InChI=1S/C16H30N4O3.HI/c1-7-18-14(22)16(3,4)10-19-15(17-5)20-8-11(2)12(9-20)13(21)23-6;/h11-12H,7-10H2,1-6H3,(H,17,19)(H,18,22);1H. The van der Waals surface area contributed by atoms with E-state index in [1.807, 2.05) is 32.6 Å². The van der Waals surface area contributed by atoms with Gasteiger partial charge in [-0.3, -0.25) is 14.6 Å². The first-order valence-corrected chi connectivity index (χ1v) is 8.08. The number of methoxy groups -OCH3 is 1. The van der Waals surface area contributed by atoms with Crippen molar-refractivity contribution in [2.24, 2.45) is 22.2 Å². The van der Waals surface area contributed by atoms with Crippen molar-refractivity contribution in [3.05, 3.63) is 0 Å². The summed E-state index contributed by atoms with van der Waals surface area (Å²) in [5.41, 5.74) is -0.543. The van der Waals surface area contributed by atoms with Crippen molar-refractivity contribution in [3.63, 3.8) is 0 Å². The van der Waals surface area contributed by atoms with Crippen LogP contribution in [0.25, 0.3) is 0 Å². The van der Waals surface area contributed by atoms with Crippen molar-refractivity contribution in [1.82, 2.24) is 15.5 Å². The lowest BCUT2D eigenvalue weighted by atomic mass is 9.92. The highest BCUT2D eigenvalue weighted by Crippen LogP contribution is 2.24. The van der Waals surface area contributed by atoms with Crippen LogP contribution in [0.1, 0.15) is 27.7 Å². The minimum absolute atomic E-state index is 0. The van der Waals surface area contributed by atoms with Crippen LogP contribution in [-0.2, 0) is 14.3 Å². The van der Waals surface area contributed by atoms with Crippen LogP contribution < -0.4 is 10.6 Å². The molecule has 0 radical (unpaired) electrons. The molecule has 1 saturated heterocycles. The number of guanidine groups is 1. The lowest BCUT2D eigenvalue weighted by Gasteiger charge is -2.27. The van der Waals surface area contributed by atoms with Gasteiger partial charge >= 0.3 is 5.97 Å². The van der Waals surface area contributed by atoms with Gasteiger partial charge in [0.2, 0.25) is 5.91 Å². The third-order valence-electron chi connectivity index (χ3n) is 4.27. The Hall–Kier alpha value is -1.06. The monoisotopic (exact) mass is 454 g/mol. The molecule has 2 atom stereocenters. The molecule has 0 aromatic rings. The molecule has 0 aliphatic carbocycles. The number of esters is 1. The van der Waals surface area contributed by atoms with Gasteiger partial charge < -0.3 is 20.3 Å². The highest BCUT2D eigenvalue weighted by Gasteiger charge is 2.37. The van der Waals surface area contributed by atoms with E-state index >= 15 is 0 Å². The molecule has 1 fully saturated rings. The van der Waals surface area contributed by atoms with E-state index in [2.05, 4.69) is 15.6 Å². The van der Waals surface area contributed by atoms with Crippen LogP contribution in [0.5, 0.6) is 0 Å². The van der Waals surface area contributed by atoms with E-state index in [1.165, 1.54) is 7.11 Å². The van der Waals surface area contributed by atoms with Gasteiger partial charge in [-0.05, 0) is 26.7 Å². The number of carbonyl (C=O) groups excluding carboxylic acids is 2. The Balaban J connectivity index is 0.00000529. The third-order valence-corrected chi connectivity index (χ3v) is 4.27. The highest BCUT2D eigenvalue weighted by molar-refractivity contribution is 14.0. The second kappa shape index (κ2) is 10.0. The lowest BCUT2D eigenvalue weighted by Crippen LogP contribution is -2.48. The van der Waals surface area contributed by atoms with Crippen molar-refractivity contribution in [2.45, 2.75) is 27.7 Å². The summed E-state index contributed by atoms with van der Waals surface area (Å²) in [7, 11) is 3.12. The topological polar surface area (TPSA) is 83.0 Å². The van der Waals surface area contributed by atoms with Gasteiger partial charge in [0, 0.05) is 33.2 Å². The maximum Gasteiger partial charge on any atom is 0.310 e. The number of aliphatic imine (C=N–C) groups is 1. The van der Waals surface area contributed by atoms with Gasteiger partial charge in [0.05, 0.1) is 18.4 Å². The van der Waals surface area contributed by atoms with Crippen molar-refractivity contribution < 1.29 is 14.3 Å². The molecule has 1 rings (SSSR count). The van der Waals surface area contributed by atoms with Crippen LogP contribution in [0, 0.1) is 17.3 Å². The van der Waals surface area contributed by atoms with Crippen molar-refractivity contribution in [2.75, 3.05) is 40.3 Å². The Bertz CT molecular complexity index is 468. The van der Waals surface area contributed by atoms with Gasteiger partial charge in [-0.15, -0.1) is 24.0 Å². The summed E-state index contributed by atoms with van der Waals surface area (Å²) in [6.45, 7) is 10.1. The van der Waals surface area contributed by atoms with Gasteiger partial charge in [-0.2, -0.15) is 0 Å². The fourth-order valence-corrected chi connectivity index (χ4v) is 2.71. The summed E-state index contributed by atoms with van der Waals surface area (Å²) in [4.78, 5) is 30.2. The summed E-state index contributed by atoms with van der Waals surface area (Å²) in [6, 6.07) is 0. The molecule has 140 valence electrons. The molecule has 0 aromatic carbocycles. The number of nitrogens with one attached hydrogen (secondary N) is 2. The van der Waals surface area contributed by atoms with Crippen LogP contribution in [0.4, 0.5) is 0 Å². The molecule has 1 aliphatic rings. The number of ether oxygens (including phenoxy) is 1. The number of halogens is 1. The summed E-state index contributed by atoms with van der Waals surface area (Å²) in [5, 5.41) is 6.09. The number of hydrogen-bond donors (Lipinski definition) is 2. The Labute approximate surface area is 162 Å². The molecule has 8 heteroatoms. The van der Waals surface area contributed by atoms with E-state index in [9.17, 15) is 9.59 Å². The predicted molar refractivity (Wildman–Crippen MR) is 105 cm³/mol.